The molecule has 0 N–H and O–H groups in total. The molecule has 3 aliphatic carbocycles. The minimum absolute atomic E-state index is 0.182. The summed E-state index contributed by atoms with van der Waals surface area (Å²) in [6, 6.07) is 17.5. The number of fused-ring (bicyclic) bond motifs is 1. The largest absolute Gasteiger partial charge is 0.466 e. The first kappa shape index (κ1) is 12.6. The molecule has 3 aliphatic rings. The molecule has 0 saturated heterocycles. The van der Waals surface area contributed by atoms with Gasteiger partial charge in [-0.25, -0.2) is 0 Å². The molecule has 2 heteroatoms. The van der Waals surface area contributed by atoms with Gasteiger partial charge in [0.1, 0.15) is 0 Å². The van der Waals surface area contributed by atoms with Crippen molar-refractivity contribution in [2.24, 2.45) is 5.92 Å². The van der Waals surface area contributed by atoms with E-state index in [2.05, 4.69) is 48.5 Å². The molecule has 0 amide bonds. The molecule has 0 radical (unpaired) electrons. The zero-order valence-corrected chi connectivity index (χ0v) is 12.1. The predicted molar refractivity (Wildman–Crippen MR) is 81.3 cm³/mol. The molecule has 0 fully saturated rings. The Morgan fingerprint density at radius 2 is 1.52 bits per heavy atom. The van der Waals surface area contributed by atoms with Crippen LogP contribution in [0.1, 0.15) is 47.4 Å². The summed E-state index contributed by atoms with van der Waals surface area (Å²) in [5, 5.41) is 0. The highest BCUT2D eigenvalue weighted by Gasteiger charge is 2.43. The van der Waals surface area contributed by atoms with Crippen molar-refractivity contribution in [1.82, 2.24) is 0 Å². The maximum atomic E-state index is 11.2. The molecule has 0 saturated carbocycles. The van der Waals surface area contributed by atoms with Gasteiger partial charge in [0.05, 0.1) is 6.61 Å². The second kappa shape index (κ2) is 4.73. The lowest BCUT2D eigenvalue weighted by Crippen LogP contribution is -2.34. The molecule has 0 aromatic heterocycles. The highest BCUT2D eigenvalue weighted by molar-refractivity contribution is 5.66. The quantitative estimate of drug-likeness (QED) is 0.780. The third-order valence-electron chi connectivity index (χ3n) is 4.92. The molecule has 0 unspecified atom stereocenters. The third-order valence-corrected chi connectivity index (χ3v) is 4.92. The molecule has 2 aromatic carbocycles. The third kappa shape index (κ3) is 1.90. The first-order valence-corrected chi connectivity index (χ1v) is 7.56. The van der Waals surface area contributed by atoms with Crippen LogP contribution in [0.25, 0.3) is 0 Å². The zero-order valence-electron chi connectivity index (χ0n) is 12.1. The average molecular weight is 278 g/mol. The summed E-state index contributed by atoms with van der Waals surface area (Å²) in [4.78, 5) is 11.2. The van der Waals surface area contributed by atoms with Gasteiger partial charge in [0.25, 0.3) is 0 Å². The summed E-state index contributed by atoms with van der Waals surface area (Å²) in [5.74, 6) is 1.02. The first-order valence-electron chi connectivity index (χ1n) is 7.56. The SMILES string of the molecule is CC(=O)OC[C@H]1CC2c3ccccc3C1c1ccccc12. The van der Waals surface area contributed by atoms with Crippen molar-refractivity contribution in [3.05, 3.63) is 70.8 Å². The van der Waals surface area contributed by atoms with Crippen LogP contribution < -0.4 is 0 Å². The van der Waals surface area contributed by atoms with E-state index in [9.17, 15) is 4.79 Å². The van der Waals surface area contributed by atoms with E-state index in [0.29, 0.717) is 24.4 Å². The lowest BCUT2D eigenvalue weighted by atomic mass is 9.59. The van der Waals surface area contributed by atoms with Gasteiger partial charge in [-0.15, -0.1) is 0 Å². The van der Waals surface area contributed by atoms with Crippen molar-refractivity contribution in [3.8, 4) is 0 Å². The van der Waals surface area contributed by atoms with E-state index in [-0.39, 0.29) is 5.97 Å². The second-order valence-corrected chi connectivity index (χ2v) is 6.09. The highest BCUT2D eigenvalue weighted by atomic mass is 16.5. The van der Waals surface area contributed by atoms with Crippen molar-refractivity contribution >= 4 is 5.97 Å². The van der Waals surface area contributed by atoms with E-state index >= 15 is 0 Å². The molecule has 1 atom stereocenters. The maximum absolute atomic E-state index is 11.2. The Balaban J connectivity index is 1.81. The molecule has 0 heterocycles. The summed E-state index contributed by atoms with van der Waals surface area (Å²) >= 11 is 0. The van der Waals surface area contributed by atoms with Crippen LogP contribution in [-0.2, 0) is 9.53 Å². The van der Waals surface area contributed by atoms with E-state index in [1.54, 1.807) is 0 Å². The van der Waals surface area contributed by atoms with Crippen LogP contribution in [0, 0.1) is 5.92 Å². The summed E-state index contributed by atoms with van der Waals surface area (Å²) < 4.78 is 5.33. The van der Waals surface area contributed by atoms with E-state index in [1.165, 1.54) is 29.2 Å². The predicted octanol–water partition coefficient (Wildman–Crippen LogP) is 3.85. The number of benzene rings is 2. The average Bonchev–Trinajstić information content (AvgIpc) is 2.53. The Bertz CT molecular complexity index is 657. The molecule has 21 heavy (non-hydrogen) atoms. The van der Waals surface area contributed by atoms with Gasteiger partial charge >= 0.3 is 5.97 Å². The second-order valence-electron chi connectivity index (χ2n) is 6.09. The van der Waals surface area contributed by atoms with Gasteiger partial charge in [0, 0.05) is 24.7 Å². The van der Waals surface area contributed by atoms with Crippen molar-refractivity contribution in [2.75, 3.05) is 6.61 Å². The standard InChI is InChI=1S/C19H18O2/c1-12(20)21-11-13-10-18-14-6-2-4-8-16(14)19(13)17-9-5-3-7-15(17)18/h2-9,13,18-19H,10-11H2,1H3/t13-,18?,19?/m1/s1. The van der Waals surface area contributed by atoms with E-state index < -0.39 is 0 Å². The molecular formula is C19H18O2. The minimum Gasteiger partial charge on any atom is -0.466 e. The fraction of sp³-hybridized carbons (Fsp3) is 0.316. The Hall–Kier alpha value is -2.09. The normalized spacial score (nSPS) is 25.1. The Morgan fingerprint density at radius 1 is 1.00 bits per heavy atom. The molecule has 2 bridgehead atoms. The Morgan fingerprint density at radius 3 is 2.05 bits per heavy atom. The van der Waals surface area contributed by atoms with E-state index in [1.807, 2.05) is 0 Å². The molecular weight excluding hydrogens is 260 g/mol. The molecule has 5 rings (SSSR count). The van der Waals surface area contributed by atoms with Crippen LogP contribution in [0.15, 0.2) is 48.5 Å². The molecule has 2 nitrogen and oxygen atoms in total. The Labute approximate surface area is 124 Å². The van der Waals surface area contributed by atoms with Gasteiger partial charge in [-0.3, -0.25) is 4.79 Å². The van der Waals surface area contributed by atoms with Crippen molar-refractivity contribution < 1.29 is 9.53 Å². The van der Waals surface area contributed by atoms with Gasteiger partial charge < -0.3 is 4.74 Å². The number of hydrogen-bond donors (Lipinski definition) is 0. The van der Waals surface area contributed by atoms with Crippen LogP contribution in [-0.4, -0.2) is 12.6 Å². The summed E-state index contributed by atoms with van der Waals surface area (Å²) in [6.07, 6.45) is 1.08. The number of esters is 1. The van der Waals surface area contributed by atoms with Crippen LogP contribution in [0.5, 0.6) is 0 Å². The summed E-state index contributed by atoms with van der Waals surface area (Å²) in [7, 11) is 0. The number of carbonyl (C=O) groups is 1. The van der Waals surface area contributed by atoms with Crippen molar-refractivity contribution in [2.45, 2.75) is 25.2 Å². The first-order chi connectivity index (χ1) is 10.3. The number of hydrogen-bond acceptors (Lipinski definition) is 2. The number of carbonyl (C=O) groups excluding carboxylic acids is 1. The van der Waals surface area contributed by atoms with Crippen molar-refractivity contribution in [1.29, 1.82) is 0 Å². The minimum atomic E-state index is -0.182. The molecule has 0 spiro atoms. The monoisotopic (exact) mass is 278 g/mol. The maximum Gasteiger partial charge on any atom is 0.302 e. The molecule has 2 aromatic rings. The highest BCUT2D eigenvalue weighted by Crippen LogP contribution is 2.55. The van der Waals surface area contributed by atoms with Crippen LogP contribution in [0.2, 0.25) is 0 Å². The van der Waals surface area contributed by atoms with Crippen LogP contribution in [0.4, 0.5) is 0 Å². The lowest BCUT2D eigenvalue weighted by molar-refractivity contribution is -0.142. The molecule has 0 aliphatic heterocycles. The summed E-state index contributed by atoms with van der Waals surface area (Å²) in [6.45, 7) is 2.02. The summed E-state index contributed by atoms with van der Waals surface area (Å²) in [5.41, 5.74) is 5.76. The van der Waals surface area contributed by atoms with Crippen LogP contribution in [0.3, 0.4) is 0 Å². The zero-order chi connectivity index (χ0) is 14.4. The van der Waals surface area contributed by atoms with Gasteiger partial charge in [0.15, 0.2) is 0 Å². The topological polar surface area (TPSA) is 26.3 Å². The van der Waals surface area contributed by atoms with Gasteiger partial charge in [-0.1, -0.05) is 48.5 Å². The Kier molecular flexibility index (Phi) is 2.85. The van der Waals surface area contributed by atoms with Gasteiger partial charge in [-0.05, 0) is 28.7 Å². The molecule has 106 valence electrons. The van der Waals surface area contributed by atoms with Gasteiger partial charge in [-0.2, -0.15) is 0 Å². The van der Waals surface area contributed by atoms with Gasteiger partial charge in [0.2, 0.25) is 0 Å². The van der Waals surface area contributed by atoms with E-state index in [0.717, 1.165) is 6.42 Å². The number of ether oxygens (including phenoxy) is 1. The smallest absolute Gasteiger partial charge is 0.302 e. The fourth-order valence-electron chi connectivity index (χ4n) is 4.15. The lowest BCUT2D eigenvalue weighted by Gasteiger charge is -2.45. The number of rotatable bonds is 2. The van der Waals surface area contributed by atoms with Crippen LogP contribution >= 0.6 is 0 Å². The van der Waals surface area contributed by atoms with E-state index in [4.69, 9.17) is 4.74 Å². The fourth-order valence-corrected chi connectivity index (χ4v) is 4.15. The van der Waals surface area contributed by atoms with Crippen molar-refractivity contribution in [3.63, 3.8) is 0 Å².